The maximum absolute atomic E-state index is 11.7. The maximum atomic E-state index is 11.7. The molecule has 1 aliphatic carbocycles. The fourth-order valence-electron chi connectivity index (χ4n) is 2.43. The number of benzene rings is 1. The molecule has 1 saturated carbocycles. The van der Waals surface area contributed by atoms with Gasteiger partial charge in [0.25, 0.3) is 0 Å². The average Bonchev–Trinajstić information content (AvgIpc) is 3.07. The van der Waals surface area contributed by atoms with Gasteiger partial charge >= 0.3 is 6.03 Å². The van der Waals surface area contributed by atoms with E-state index in [1.165, 1.54) is 11.3 Å². The molecule has 0 aromatic heterocycles. The van der Waals surface area contributed by atoms with Crippen LogP contribution in [0.2, 0.25) is 0 Å². The minimum atomic E-state index is -0.0847. The van der Waals surface area contributed by atoms with E-state index in [1.54, 1.807) is 0 Å². The van der Waals surface area contributed by atoms with Gasteiger partial charge in [-0.25, -0.2) is 4.79 Å². The minimum absolute atomic E-state index is 0.0847. The Morgan fingerprint density at radius 2 is 2.28 bits per heavy atom. The molecule has 1 heterocycles. The molecule has 0 unspecified atom stereocenters. The van der Waals surface area contributed by atoms with E-state index in [-0.39, 0.29) is 6.03 Å². The number of nitrogens with one attached hydrogen (secondary N) is 2. The second kappa shape index (κ2) is 4.52. The number of amides is 2. The van der Waals surface area contributed by atoms with Crippen molar-refractivity contribution in [2.45, 2.75) is 32.2 Å². The van der Waals surface area contributed by atoms with Crippen LogP contribution in [-0.2, 0) is 6.42 Å². The molecule has 0 atom stereocenters. The zero-order chi connectivity index (χ0) is 12.5. The van der Waals surface area contributed by atoms with E-state index in [2.05, 4.69) is 34.6 Å². The highest BCUT2D eigenvalue weighted by Gasteiger charge is 2.23. The highest BCUT2D eigenvalue weighted by atomic mass is 16.2. The van der Waals surface area contributed by atoms with Gasteiger partial charge in [-0.3, -0.25) is 0 Å². The number of hydrogen-bond donors (Lipinski definition) is 2. The Morgan fingerprint density at radius 3 is 3.00 bits per heavy atom. The van der Waals surface area contributed by atoms with Crippen molar-refractivity contribution in [2.75, 3.05) is 23.3 Å². The quantitative estimate of drug-likeness (QED) is 0.858. The monoisotopic (exact) mass is 245 g/mol. The van der Waals surface area contributed by atoms with Gasteiger partial charge < -0.3 is 15.5 Å². The maximum Gasteiger partial charge on any atom is 0.319 e. The number of fused-ring (bicyclic) bond motifs is 1. The zero-order valence-electron chi connectivity index (χ0n) is 10.7. The van der Waals surface area contributed by atoms with Crippen molar-refractivity contribution in [3.8, 4) is 0 Å². The molecule has 96 valence electrons. The van der Waals surface area contributed by atoms with Crippen LogP contribution in [0.1, 0.15) is 25.3 Å². The summed E-state index contributed by atoms with van der Waals surface area (Å²) < 4.78 is 0. The van der Waals surface area contributed by atoms with Crippen LogP contribution in [0.3, 0.4) is 0 Å². The van der Waals surface area contributed by atoms with Gasteiger partial charge in [0.1, 0.15) is 0 Å². The number of nitrogens with zero attached hydrogens (tertiary/aromatic N) is 1. The molecule has 0 radical (unpaired) electrons. The smallest absolute Gasteiger partial charge is 0.319 e. The standard InChI is InChI=1S/C14H19N3O/c1-2-17-8-7-10-3-4-12(9-13(10)17)16-14(18)15-11-5-6-11/h3-4,9,11H,2,5-8H2,1H3,(H2,15,16,18). The number of urea groups is 1. The van der Waals surface area contributed by atoms with Gasteiger partial charge in [-0.1, -0.05) is 6.07 Å². The number of likely N-dealkylation sites (N-methyl/N-ethyl adjacent to an activating group) is 1. The van der Waals surface area contributed by atoms with Crippen molar-refractivity contribution in [2.24, 2.45) is 0 Å². The molecule has 1 aliphatic heterocycles. The molecular formula is C14H19N3O. The van der Waals surface area contributed by atoms with E-state index in [1.807, 2.05) is 6.07 Å². The Hall–Kier alpha value is -1.71. The number of carbonyl (C=O) groups excluding carboxylic acids is 1. The molecular weight excluding hydrogens is 226 g/mol. The summed E-state index contributed by atoms with van der Waals surface area (Å²) in [6, 6.07) is 6.51. The van der Waals surface area contributed by atoms with Crippen molar-refractivity contribution >= 4 is 17.4 Å². The van der Waals surface area contributed by atoms with Crippen LogP contribution in [0.5, 0.6) is 0 Å². The third kappa shape index (κ3) is 2.28. The van der Waals surface area contributed by atoms with Gasteiger partial charge in [0.05, 0.1) is 0 Å². The Kier molecular flexibility index (Phi) is 2.86. The topological polar surface area (TPSA) is 44.4 Å². The van der Waals surface area contributed by atoms with Gasteiger partial charge in [-0.05, 0) is 43.9 Å². The first-order valence-corrected chi connectivity index (χ1v) is 6.71. The third-order valence-corrected chi connectivity index (χ3v) is 3.63. The molecule has 1 aromatic carbocycles. The molecule has 0 bridgehead atoms. The first kappa shape index (κ1) is 11.4. The highest BCUT2D eigenvalue weighted by Crippen LogP contribution is 2.30. The summed E-state index contributed by atoms with van der Waals surface area (Å²) in [4.78, 5) is 14.0. The molecule has 18 heavy (non-hydrogen) atoms. The predicted molar refractivity (Wildman–Crippen MR) is 73.2 cm³/mol. The lowest BCUT2D eigenvalue weighted by Gasteiger charge is -2.17. The Labute approximate surface area is 107 Å². The first-order chi connectivity index (χ1) is 8.76. The largest absolute Gasteiger partial charge is 0.371 e. The SMILES string of the molecule is CCN1CCc2ccc(NC(=O)NC3CC3)cc21. The van der Waals surface area contributed by atoms with Gasteiger partial charge in [-0.2, -0.15) is 0 Å². The Bertz CT molecular complexity index is 468. The summed E-state index contributed by atoms with van der Waals surface area (Å²) in [6.45, 7) is 4.27. The molecule has 4 nitrogen and oxygen atoms in total. The van der Waals surface area contributed by atoms with Crippen LogP contribution >= 0.6 is 0 Å². The zero-order valence-corrected chi connectivity index (χ0v) is 10.7. The summed E-state index contributed by atoms with van der Waals surface area (Å²) in [5.41, 5.74) is 3.53. The fraction of sp³-hybridized carbons (Fsp3) is 0.500. The van der Waals surface area contributed by atoms with E-state index in [4.69, 9.17) is 0 Å². The lowest BCUT2D eigenvalue weighted by atomic mass is 10.1. The lowest BCUT2D eigenvalue weighted by molar-refractivity contribution is 0.251. The van der Waals surface area contributed by atoms with E-state index >= 15 is 0 Å². The average molecular weight is 245 g/mol. The Balaban J connectivity index is 1.71. The van der Waals surface area contributed by atoms with Crippen molar-refractivity contribution in [1.82, 2.24) is 5.32 Å². The molecule has 1 fully saturated rings. The summed E-state index contributed by atoms with van der Waals surface area (Å²) >= 11 is 0. The summed E-state index contributed by atoms with van der Waals surface area (Å²) in [6.07, 6.45) is 3.33. The van der Waals surface area contributed by atoms with E-state index in [0.29, 0.717) is 6.04 Å². The minimum Gasteiger partial charge on any atom is -0.371 e. The van der Waals surface area contributed by atoms with Crippen LogP contribution < -0.4 is 15.5 Å². The van der Waals surface area contributed by atoms with Crippen molar-refractivity contribution in [3.05, 3.63) is 23.8 Å². The number of rotatable bonds is 3. The lowest BCUT2D eigenvalue weighted by Crippen LogP contribution is -2.30. The Morgan fingerprint density at radius 1 is 1.44 bits per heavy atom. The fourth-order valence-corrected chi connectivity index (χ4v) is 2.43. The number of anilines is 2. The van der Waals surface area contributed by atoms with E-state index in [9.17, 15) is 4.79 Å². The second-order valence-electron chi connectivity index (χ2n) is 5.05. The normalized spacial score (nSPS) is 17.5. The van der Waals surface area contributed by atoms with Crippen LogP contribution in [0.25, 0.3) is 0 Å². The summed E-state index contributed by atoms with van der Waals surface area (Å²) in [7, 11) is 0. The second-order valence-corrected chi connectivity index (χ2v) is 5.05. The predicted octanol–water partition coefficient (Wildman–Crippen LogP) is 2.35. The van der Waals surface area contributed by atoms with Gasteiger partial charge in [0.2, 0.25) is 0 Å². The van der Waals surface area contributed by atoms with Crippen LogP contribution in [0.15, 0.2) is 18.2 Å². The molecule has 0 saturated heterocycles. The molecule has 2 aliphatic rings. The van der Waals surface area contributed by atoms with Crippen LogP contribution in [0, 0.1) is 0 Å². The molecule has 3 rings (SSSR count). The number of hydrogen-bond acceptors (Lipinski definition) is 2. The van der Waals surface area contributed by atoms with E-state index in [0.717, 1.165) is 38.0 Å². The van der Waals surface area contributed by atoms with Crippen molar-refractivity contribution < 1.29 is 4.79 Å². The molecule has 0 spiro atoms. The third-order valence-electron chi connectivity index (χ3n) is 3.63. The van der Waals surface area contributed by atoms with Gasteiger partial charge in [0.15, 0.2) is 0 Å². The molecule has 2 N–H and O–H groups in total. The van der Waals surface area contributed by atoms with Crippen LogP contribution in [0.4, 0.5) is 16.2 Å². The van der Waals surface area contributed by atoms with Crippen molar-refractivity contribution in [1.29, 1.82) is 0 Å². The van der Waals surface area contributed by atoms with Gasteiger partial charge in [0, 0.05) is 30.5 Å². The summed E-state index contributed by atoms with van der Waals surface area (Å²) in [5.74, 6) is 0. The summed E-state index contributed by atoms with van der Waals surface area (Å²) in [5, 5.41) is 5.84. The highest BCUT2D eigenvalue weighted by molar-refractivity contribution is 5.90. The molecule has 2 amide bonds. The molecule has 1 aromatic rings. The van der Waals surface area contributed by atoms with Crippen LogP contribution in [-0.4, -0.2) is 25.2 Å². The first-order valence-electron chi connectivity index (χ1n) is 6.71. The molecule has 4 heteroatoms. The number of carbonyl (C=O) groups is 1. The van der Waals surface area contributed by atoms with Crippen molar-refractivity contribution in [3.63, 3.8) is 0 Å². The van der Waals surface area contributed by atoms with E-state index < -0.39 is 0 Å². The van der Waals surface area contributed by atoms with Gasteiger partial charge in [-0.15, -0.1) is 0 Å².